The summed E-state index contributed by atoms with van der Waals surface area (Å²) in [5, 5.41) is 14.2. The van der Waals surface area contributed by atoms with Gasteiger partial charge < -0.3 is 5.11 Å². The number of carboxylic acids is 1. The molecule has 0 radical (unpaired) electrons. The van der Waals surface area contributed by atoms with Gasteiger partial charge in [-0.1, -0.05) is 0 Å². The van der Waals surface area contributed by atoms with Crippen LogP contribution in [-0.4, -0.2) is 36.6 Å². The summed E-state index contributed by atoms with van der Waals surface area (Å²) >= 11 is 0. The number of fused-ring (bicyclic) bond motifs is 1. The molecule has 0 aliphatic heterocycles. The monoisotopic (exact) mass is 378 g/mol. The average molecular weight is 378 g/mol. The SMILES string of the molecule is Cn1cc(-c2cnc3cnc(CC(=O)C4CCC(C(=O)O)CC4)cc3c2)cn1. The molecule has 7 heteroatoms. The van der Waals surface area contributed by atoms with Crippen LogP contribution in [0.1, 0.15) is 31.4 Å². The normalized spacial score (nSPS) is 19.6. The predicted octanol–water partition coefficient (Wildman–Crippen LogP) is 3.03. The number of aromatic nitrogens is 4. The second kappa shape index (κ2) is 7.50. The molecule has 144 valence electrons. The van der Waals surface area contributed by atoms with Crippen molar-refractivity contribution < 1.29 is 14.7 Å². The van der Waals surface area contributed by atoms with Crippen molar-refractivity contribution in [3.8, 4) is 11.1 Å². The van der Waals surface area contributed by atoms with Gasteiger partial charge in [-0.25, -0.2) is 0 Å². The van der Waals surface area contributed by atoms with Gasteiger partial charge >= 0.3 is 5.97 Å². The van der Waals surface area contributed by atoms with Crippen LogP contribution in [0.15, 0.2) is 36.9 Å². The molecule has 3 aromatic heterocycles. The molecule has 28 heavy (non-hydrogen) atoms. The van der Waals surface area contributed by atoms with Gasteiger partial charge in [-0.3, -0.25) is 24.2 Å². The Morgan fingerprint density at radius 3 is 2.46 bits per heavy atom. The molecule has 7 nitrogen and oxygen atoms in total. The Morgan fingerprint density at radius 1 is 1.04 bits per heavy atom. The van der Waals surface area contributed by atoms with E-state index in [-0.39, 0.29) is 24.0 Å². The van der Waals surface area contributed by atoms with Crippen molar-refractivity contribution in [2.45, 2.75) is 32.1 Å². The van der Waals surface area contributed by atoms with Gasteiger partial charge in [0.25, 0.3) is 0 Å². The summed E-state index contributed by atoms with van der Waals surface area (Å²) in [6.45, 7) is 0. The number of ketones is 1. The third-order valence-electron chi connectivity index (χ3n) is 5.55. The summed E-state index contributed by atoms with van der Waals surface area (Å²) in [7, 11) is 1.87. The fourth-order valence-corrected chi connectivity index (χ4v) is 3.89. The van der Waals surface area contributed by atoms with E-state index >= 15 is 0 Å². The minimum Gasteiger partial charge on any atom is -0.481 e. The molecule has 1 aliphatic carbocycles. The Kier molecular flexibility index (Phi) is 4.90. The number of carbonyl (C=O) groups is 2. The highest BCUT2D eigenvalue weighted by Gasteiger charge is 2.29. The first-order chi connectivity index (χ1) is 13.5. The molecule has 4 rings (SSSR count). The Hall–Kier alpha value is -3.09. The van der Waals surface area contributed by atoms with Crippen LogP contribution in [0.5, 0.6) is 0 Å². The zero-order chi connectivity index (χ0) is 19.7. The number of hydrogen-bond acceptors (Lipinski definition) is 5. The first-order valence-corrected chi connectivity index (χ1v) is 9.49. The second-order valence-corrected chi connectivity index (χ2v) is 7.52. The molecule has 0 saturated heterocycles. The van der Waals surface area contributed by atoms with E-state index in [0.717, 1.165) is 27.7 Å². The van der Waals surface area contributed by atoms with E-state index < -0.39 is 5.97 Å². The van der Waals surface area contributed by atoms with Gasteiger partial charge in [0, 0.05) is 54.0 Å². The lowest BCUT2D eigenvalue weighted by Gasteiger charge is -2.24. The number of nitrogens with zero attached hydrogens (tertiary/aromatic N) is 4. The topological polar surface area (TPSA) is 98.0 Å². The molecule has 1 N–H and O–H groups in total. The average Bonchev–Trinajstić information content (AvgIpc) is 3.14. The van der Waals surface area contributed by atoms with Crippen molar-refractivity contribution in [1.29, 1.82) is 0 Å². The largest absolute Gasteiger partial charge is 0.481 e. The lowest BCUT2D eigenvalue weighted by atomic mass is 9.79. The third-order valence-corrected chi connectivity index (χ3v) is 5.55. The molecule has 0 amide bonds. The molecule has 0 bridgehead atoms. The van der Waals surface area contributed by atoms with Crippen molar-refractivity contribution in [2.24, 2.45) is 18.9 Å². The molecule has 3 heterocycles. The van der Waals surface area contributed by atoms with Crippen LogP contribution in [0.3, 0.4) is 0 Å². The number of Topliss-reactive ketones (excluding diaryl/α,β-unsaturated/α-hetero) is 1. The van der Waals surface area contributed by atoms with Crippen molar-refractivity contribution in [3.05, 3.63) is 42.6 Å². The maximum Gasteiger partial charge on any atom is 0.306 e. The third kappa shape index (κ3) is 3.78. The van der Waals surface area contributed by atoms with E-state index in [1.54, 1.807) is 23.3 Å². The fourth-order valence-electron chi connectivity index (χ4n) is 3.89. The van der Waals surface area contributed by atoms with Crippen molar-refractivity contribution >= 4 is 22.7 Å². The van der Waals surface area contributed by atoms with Gasteiger partial charge in [-0.2, -0.15) is 5.10 Å². The van der Waals surface area contributed by atoms with Gasteiger partial charge in [-0.15, -0.1) is 0 Å². The van der Waals surface area contributed by atoms with E-state index in [4.69, 9.17) is 5.11 Å². The van der Waals surface area contributed by atoms with Crippen LogP contribution in [0.4, 0.5) is 0 Å². The maximum absolute atomic E-state index is 12.7. The van der Waals surface area contributed by atoms with Crippen LogP contribution in [0, 0.1) is 11.8 Å². The highest BCUT2D eigenvalue weighted by atomic mass is 16.4. The minimum atomic E-state index is -0.751. The summed E-state index contributed by atoms with van der Waals surface area (Å²) in [5.74, 6) is -0.973. The maximum atomic E-state index is 12.7. The van der Waals surface area contributed by atoms with Gasteiger partial charge in [0.2, 0.25) is 0 Å². The number of aryl methyl sites for hydroxylation is 1. The number of rotatable bonds is 5. The molecule has 1 fully saturated rings. The molecule has 1 aliphatic rings. The van der Waals surface area contributed by atoms with E-state index in [0.29, 0.717) is 25.7 Å². The highest BCUT2D eigenvalue weighted by molar-refractivity contribution is 5.86. The molecule has 0 spiro atoms. The lowest BCUT2D eigenvalue weighted by Crippen LogP contribution is -2.26. The highest BCUT2D eigenvalue weighted by Crippen LogP contribution is 2.30. The summed E-state index contributed by atoms with van der Waals surface area (Å²) in [5.41, 5.74) is 3.46. The smallest absolute Gasteiger partial charge is 0.306 e. The second-order valence-electron chi connectivity index (χ2n) is 7.52. The minimum absolute atomic E-state index is 0.0621. The van der Waals surface area contributed by atoms with Crippen LogP contribution < -0.4 is 0 Å². The van der Waals surface area contributed by atoms with E-state index in [1.165, 1.54) is 0 Å². The lowest BCUT2D eigenvalue weighted by molar-refractivity contribution is -0.144. The number of pyridine rings is 2. The number of carbonyl (C=O) groups excluding carboxylic acids is 1. The van der Waals surface area contributed by atoms with Crippen molar-refractivity contribution in [2.75, 3.05) is 0 Å². The zero-order valence-corrected chi connectivity index (χ0v) is 15.7. The van der Waals surface area contributed by atoms with Crippen LogP contribution in [0.25, 0.3) is 22.0 Å². The Bertz CT molecular complexity index is 1040. The summed E-state index contributed by atoms with van der Waals surface area (Å²) in [6.07, 6.45) is 9.95. The van der Waals surface area contributed by atoms with Crippen LogP contribution >= 0.6 is 0 Å². The van der Waals surface area contributed by atoms with Gasteiger partial charge in [0.15, 0.2) is 0 Å². The van der Waals surface area contributed by atoms with Gasteiger partial charge in [-0.05, 0) is 37.8 Å². The predicted molar refractivity (Wildman–Crippen MR) is 104 cm³/mol. The molecule has 3 aromatic rings. The van der Waals surface area contributed by atoms with Crippen LogP contribution in [-0.2, 0) is 23.1 Å². The summed E-state index contributed by atoms with van der Waals surface area (Å²) < 4.78 is 1.75. The van der Waals surface area contributed by atoms with E-state index in [1.807, 2.05) is 25.4 Å². The fraction of sp³-hybridized carbons (Fsp3) is 0.381. The summed E-state index contributed by atoms with van der Waals surface area (Å²) in [4.78, 5) is 32.6. The Labute approximate surface area is 162 Å². The molecule has 0 aromatic carbocycles. The molecule has 0 unspecified atom stereocenters. The molecular formula is C21H22N4O3. The number of aliphatic carboxylic acids is 1. The molecular weight excluding hydrogens is 356 g/mol. The van der Waals surface area contributed by atoms with Crippen molar-refractivity contribution in [1.82, 2.24) is 19.7 Å². The Morgan fingerprint density at radius 2 is 1.79 bits per heavy atom. The first kappa shape index (κ1) is 18.3. The van der Waals surface area contributed by atoms with Gasteiger partial charge in [0.05, 0.1) is 23.8 Å². The molecule has 0 atom stereocenters. The molecule has 1 saturated carbocycles. The van der Waals surface area contributed by atoms with E-state index in [9.17, 15) is 9.59 Å². The zero-order valence-electron chi connectivity index (χ0n) is 15.7. The first-order valence-electron chi connectivity index (χ1n) is 9.49. The number of carboxylic acid groups (broad SMARTS) is 1. The standard InChI is InChI=1S/C21H22N4O3/c1-25-12-17(10-24-25)16-6-15-7-18(22-11-19(15)23-9-16)8-20(26)13-2-4-14(5-3-13)21(27)28/h6-7,9-14H,2-5,8H2,1H3,(H,27,28). The van der Waals surface area contributed by atoms with Crippen molar-refractivity contribution in [3.63, 3.8) is 0 Å². The summed E-state index contributed by atoms with van der Waals surface area (Å²) in [6, 6.07) is 3.95. The van der Waals surface area contributed by atoms with Crippen LogP contribution in [0.2, 0.25) is 0 Å². The number of hydrogen-bond donors (Lipinski definition) is 1. The van der Waals surface area contributed by atoms with Gasteiger partial charge in [0.1, 0.15) is 5.78 Å². The quantitative estimate of drug-likeness (QED) is 0.733. The van der Waals surface area contributed by atoms with E-state index in [2.05, 4.69) is 15.1 Å². The Balaban J connectivity index is 1.49.